The van der Waals surface area contributed by atoms with Crippen molar-refractivity contribution in [2.45, 2.75) is 13.8 Å². The van der Waals surface area contributed by atoms with Crippen LogP contribution in [0, 0.1) is 5.92 Å². The summed E-state index contributed by atoms with van der Waals surface area (Å²) in [6, 6.07) is 4.85. The average Bonchev–Trinajstić information content (AvgIpc) is 2.49. The maximum atomic E-state index is 12.0. The van der Waals surface area contributed by atoms with Crippen molar-refractivity contribution in [1.29, 1.82) is 0 Å². The lowest BCUT2D eigenvalue weighted by Crippen LogP contribution is -2.15. The molecule has 0 spiro atoms. The van der Waals surface area contributed by atoms with Crippen LogP contribution < -0.4 is 14.2 Å². The molecule has 0 aliphatic carbocycles. The summed E-state index contributed by atoms with van der Waals surface area (Å²) in [5.74, 6) is -0.428. The highest BCUT2D eigenvalue weighted by Crippen LogP contribution is 2.51. The second-order valence-electron chi connectivity index (χ2n) is 5.01. The summed E-state index contributed by atoms with van der Waals surface area (Å²) in [4.78, 5) is 12.0. The standard InChI is InChI=1S/C16H17ClO5/c1-8(2)16(19)22-13-11-7-9(17)5-6-10(11)12(18)14(20-3)15(13)21-4/h5-8,18H,1-4H3. The second-order valence-corrected chi connectivity index (χ2v) is 5.45. The number of carbonyl (C=O) groups excluding carboxylic acids is 1. The van der Waals surface area contributed by atoms with Crippen molar-refractivity contribution in [2.24, 2.45) is 5.92 Å². The molecular formula is C16H17ClO5. The number of methoxy groups -OCH3 is 2. The molecule has 0 heterocycles. The number of aromatic hydroxyl groups is 1. The van der Waals surface area contributed by atoms with Gasteiger partial charge < -0.3 is 19.3 Å². The quantitative estimate of drug-likeness (QED) is 0.685. The van der Waals surface area contributed by atoms with Gasteiger partial charge in [0, 0.05) is 15.8 Å². The topological polar surface area (TPSA) is 65.0 Å². The van der Waals surface area contributed by atoms with E-state index in [0.717, 1.165) is 0 Å². The van der Waals surface area contributed by atoms with E-state index in [1.54, 1.807) is 32.0 Å². The van der Waals surface area contributed by atoms with Crippen LogP contribution in [0.1, 0.15) is 13.8 Å². The molecule has 2 aromatic carbocycles. The summed E-state index contributed by atoms with van der Waals surface area (Å²) in [7, 11) is 2.80. The van der Waals surface area contributed by atoms with E-state index in [1.807, 2.05) is 0 Å². The fourth-order valence-corrected chi connectivity index (χ4v) is 2.23. The smallest absolute Gasteiger partial charge is 0.313 e. The first-order valence-electron chi connectivity index (χ1n) is 6.68. The van der Waals surface area contributed by atoms with E-state index in [0.29, 0.717) is 15.8 Å². The molecule has 0 saturated carbocycles. The van der Waals surface area contributed by atoms with Crippen molar-refractivity contribution < 1.29 is 24.1 Å². The molecule has 5 nitrogen and oxygen atoms in total. The van der Waals surface area contributed by atoms with Gasteiger partial charge in [0.1, 0.15) is 0 Å². The molecule has 0 bridgehead atoms. The fourth-order valence-electron chi connectivity index (χ4n) is 2.06. The largest absolute Gasteiger partial charge is 0.504 e. The molecule has 0 amide bonds. The molecule has 0 unspecified atom stereocenters. The van der Waals surface area contributed by atoms with E-state index in [1.165, 1.54) is 14.2 Å². The number of hydrogen-bond acceptors (Lipinski definition) is 5. The molecule has 0 aliphatic heterocycles. The third kappa shape index (κ3) is 2.76. The van der Waals surface area contributed by atoms with Crippen LogP contribution in [0.3, 0.4) is 0 Å². The van der Waals surface area contributed by atoms with Crippen LogP contribution in [0.5, 0.6) is 23.0 Å². The summed E-state index contributed by atoms with van der Waals surface area (Å²) in [6.07, 6.45) is 0. The molecule has 0 aliphatic rings. The third-order valence-corrected chi connectivity index (χ3v) is 3.43. The third-order valence-electron chi connectivity index (χ3n) is 3.19. The Morgan fingerprint density at radius 3 is 2.27 bits per heavy atom. The lowest BCUT2D eigenvalue weighted by Gasteiger charge is -2.18. The zero-order valence-electron chi connectivity index (χ0n) is 12.8. The minimum absolute atomic E-state index is 0.101. The predicted molar refractivity (Wildman–Crippen MR) is 84.2 cm³/mol. The van der Waals surface area contributed by atoms with Gasteiger partial charge in [0.05, 0.1) is 20.1 Å². The molecule has 0 radical (unpaired) electrons. The number of rotatable bonds is 4. The van der Waals surface area contributed by atoms with E-state index in [2.05, 4.69) is 0 Å². The van der Waals surface area contributed by atoms with Crippen molar-refractivity contribution in [1.82, 2.24) is 0 Å². The van der Waals surface area contributed by atoms with E-state index in [9.17, 15) is 9.90 Å². The van der Waals surface area contributed by atoms with Gasteiger partial charge in [-0.3, -0.25) is 4.79 Å². The minimum Gasteiger partial charge on any atom is -0.504 e. The molecule has 1 N–H and O–H groups in total. The highest BCUT2D eigenvalue weighted by molar-refractivity contribution is 6.31. The number of benzene rings is 2. The SMILES string of the molecule is COc1c(OC)c(OC(=O)C(C)C)c2cc(Cl)ccc2c1O. The molecule has 22 heavy (non-hydrogen) atoms. The number of halogens is 1. The molecule has 118 valence electrons. The Kier molecular flexibility index (Phi) is 4.66. The van der Waals surface area contributed by atoms with E-state index < -0.39 is 5.97 Å². The maximum Gasteiger partial charge on any atom is 0.313 e. The molecule has 6 heteroatoms. The Morgan fingerprint density at radius 2 is 1.73 bits per heavy atom. The predicted octanol–water partition coefficient (Wildman–Crippen LogP) is 3.78. The Morgan fingerprint density at radius 1 is 1.09 bits per heavy atom. The summed E-state index contributed by atoms with van der Waals surface area (Å²) in [5, 5.41) is 11.7. The second kappa shape index (κ2) is 6.32. The van der Waals surface area contributed by atoms with Gasteiger partial charge in [-0.25, -0.2) is 0 Å². The Labute approximate surface area is 133 Å². The molecule has 2 aromatic rings. The molecular weight excluding hydrogens is 308 g/mol. The molecule has 2 rings (SSSR count). The van der Waals surface area contributed by atoms with Gasteiger partial charge in [0.2, 0.25) is 11.5 Å². The number of ether oxygens (including phenoxy) is 3. The van der Waals surface area contributed by atoms with Gasteiger partial charge in [0.15, 0.2) is 11.5 Å². The van der Waals surface area contributed by atoms with Crippen LogP contribution in [0.15, 0.2) is 18.2 Å². The summed E-state index contributed by atoms with van der Waals surface area (Å²) in [6.45, 7) is 3.45. The van der Waals surface area contributed by atoms with Gasteiger partial charge in [-0.05, 0) is 18.2 Å². The van der Waals surface area contributed by atoms with Gasteiger partial charge >= 0.3 is 5.97 Å². The van der Waals surface area contributed by atoms with Gasteiger partial charge in [-0.15, -0.1) is 0 Å². The maximum absolute atomic E-state index is 12.0. The zero-order chi connectivity index (χ0) is 16.4. The first-order chi connectivity index (χ1) is 10.4. The Hall–Kier alpha value is -2.14. The van der Waals surface area contributed by atoms with Gasteiger partial charge in [0.25, 0.3) is 0 Å². The first kappa shape index (κ1) is 16.2. The van der Waals surface area contributed by atoms with Crippen LogP contribution in [0.25, 0.3) is 10.8 Å². The number of hydrogen-bond donors (Lipinski definition) is 1. The highest BCUT2D eigenvalue weighted by Gasteiger charge is 2.25. The van der Waals surface area contributed by atoms with Crippen molar-refractivity contribution in [2.75, 3.05) is 14.2 Å². The van der Waals surface area contributed by atoms with Gasteiger partial charge in [-0.1, -0.05) is 25.4 Å². The molecule has 0 aromatic heterocycles. The number of phenols is 1. The van der Waals surface area contributed by atoms with Gasteiger partial charge in [-0.2, -0.15) is 0 Å². The molecule has 0 saturated heterocycles. The normalized spacial score (nSPS) is 10.8. The lowest BCUT2D eigenvalue weighted by atomic mass is 10.1. The number of esters is 1. The Bertz CT molecular complexity index is 724. The highest BCUT2D eigenvalue weighted by atomic mass is 35.5. The summed E-state index contributed by atoms with van der Waals surface area (Å²) < 4.78 is 15.9. The molecule has 0 fully saturated rings. The van der Waals surface area contributed by atoms with Crippen LogP contribution >= 0.6 is 11.6 Å². The van der Waals surface area contributed by atoms with Crippen molar-refractivity contribution in [3.63, 3.8) is 0 Å². The van der Waals surface area contributed by atoms with E-state index >= 15 is 0 Å². The summed E-state index contributed by atoms with van der Waals surface area (Å²) >= 11 is 6.02. The number of fused-ring (bicyclic) bond motifs is 1. The fraction of sp³-hybridized carbons (Fsp3) is 0.312. The first-order valence-corrected chi connectivity index (χ1v) is 7.06. The van der Waals surface area contributed by atoms with Crippen molar-refractivity contribution in [3.8, 4) is 23.0 Å². The van der Waals surface area contributed by atoms with E-state index in [4.69, 9.17) is 25.8 Å². The number of phenolic OH excluding ortho intramolecular Hbond substituents is 1. The van der Waals surface area contributed by atoms with Crippen LogP contribution in [-0.4, -0.2) is 25.3 Å². The van der Waals surface area contributed by atoms with Crippen molar-refractivity contribution in [3.05, 3.63) is 23.2 Å². The average molecular weight is 325 g/mol. The van der Waals surface area contributed by atoms with Crippen LogP contribution in [0.4, 0.5) is 0 Å². The summed E-state index contributed by atoms with van der Waals surface area (Å²) in [5.41, 5.74) is 0. The van der Waals surface area contributed by atoms with Crippen LogP contribution in [-0.2, 0) is 4.79 Å². The Balaban J connectivity index is 2.81. The molecule has 0 atom stereocenters. The lowest BCUT2D eigenvalue weighted by molar-refractivity contribution is -0.137. The van der Waals surface area contributed by atoms with Crippen LogP contribution in [0.2, 0.25) is 5.02 Å². The van der Waals surface area contributed by atoms with E-state index in [-0.39, 0.29) is 28.9 Å². The monoisotopic (exact) mass is 324 g/mol. The zero-order valence-corrected chi connectivity index (χ0v) is 13.5. The van der Waals surface area contributed by atoms with Crippen molar-refractivity contribution >= 4 is 28.3 Å². The number of carbonyl (C=O) groups is 1. The minimum atomic E-state index is -0.424.